The van der Waals surface area contributed by atoms with Crippen molar-refractivity contribution >= 4 is 34.2 Å². The highest BCUT2D eigenvalue weighted by molar-refractivity contribution is 14.1. The molecule has 0 heterocycles. The zero-order chi connectivity index (χ0) is 13.0. The molecule has 0 fully saturated rings. The summed E-state index contributed by atoms with van der Waals surface area (Å²) < 4.78 is 6.82. The summed E-state index contributed by atoms with van der Waals surface area (Å²) in [6.07, 6.45) is 0. The van der Waals surface area contributed by atoms with Crippen molar-refractivity contribution in [3.8, 4) is 17.6 Å². The zero-order valence-corrected chi connectivity index (χ0v) is 12.3. The Balaban J connectivity index is 2.29. The number of alkyl halides is 1. The average Bonchev–Trinajstić information content (AvgIpc) is 2.41. The van der Waals surface area contributed by atoms with Crippen molar-refractivity contribution in [1.82, 2.24) is 0 Å². The molecular formula is C14H9ClINO. The van der Waals surface area contributed by atoms with Crippen molar-refractivity contribution in [2.24, 2.45) is 0 Å². The molecule has 0 aliphatic rings. The van der Waals surface area contributed by atoms with E-state index in [9.17, 15) is 0 Å². The van der Waals surface area contributed by atoms with Gasteiger partial charge in [0.25, 0.3) is 0 Å². The number of benzene rings is 2. The Hall–Kier alpha value is -1.25. The van der Waals surface area contributed by atoms with Gasteiger partial charge >= 0.3 is 0 Å². The molecule has 0 aliphatic heterocycles. The molecule has 90 valence electrons. The minimum atomic E-state index is 0.387. The van der Waals surface area contributed by atoms with Gasteiger partial charge in [0, 0.05) is 9.45 Å². The molecule has 0 aromatic heterocycles. The Labute approximate surface area is 124 Å². The van der Waals surface area contributed by atoms with Crippen molar-refractivity contribution < 1.29 is 4.74 Å². The molecular weight excluding hydrogens is 361 g/mol. The van der Waals surface area contributed by atoms with E-state index < -0.39 is 0 Å². The predicted octanol–water partition coefficient (Wildman–Crippen LogP) is 4.69. The Bertz CT molecular complexity index is 590. The van der Waals surface area contributed by atoms with Crippen LogP contribution in [0.1, 0.15) is 11.1 Å². The number of nitriles is 1. The summed E-state index contributed by atoms with van der Waals surface area (Å²) in [5.74, 6) is 1.65. The highest BCUT2D eigenvalue weighted by Crippen LogP contribution is 2.26. The first-order chi connectivity index (χ1) is 8.72. The first kappa shape index (κ1) is 13.2. The maximum atomic E-state index is 9.09. The Morgan fingerprint density at radius 2 is 1.89 bits per heavy atom. The predicted molar refractivity (Wildman–Crippen MR) is 79.9 cm³/mol. The minimum absolute atomic E-state index is 0.387. The number of nitrogens with zero attached hydrogens (tertiary/aromatic N) is 1. The smallest absolute Gasteiger partial charge is 0.145 e. The summed E-state index contributed by atoms with van der Waals surface area (Å²) >= 11 is 7.96. The molecule has 18 heavy (non-hydrogen) atoms. The highest BCUT2D eigenvalue weighted by Gasteiger charge is 2.05. The number of hydrogen-bond acceptors (Lipinski definition) is 2. The summed E-state index contributed by atoms with van der Waals surface area (Å²) in [5.41, 5.74) is 1.40. The average molecular weight is 370 g/mol. The molecule has 0 N–H and O–H groups in total. The van der Waals surface area contributed by atoms with Crippen LogP contribution in [0.3, 0.4) is 0 Å². The first-order valence-corrected chi connectivity index (χ1v) is 6.86. The van der Waals surface area contributed by atoms with Crippen molar-refractivity contribution in [2.45, 2.75) is 5.88 Å². The van der Waals surface area contributed by atoms with Gasteiger partial charge in [-0.25, -0.2) is 0 Å². The van der Waals surface area contributed by atoms with Crippen molar-refractivity contribution in [1.29, 1.82) is 5.26 Å². The fourth-order valence-corrected chi connectivity index (χ4v) is 1.99. The largest absolute Gasteiger partial charge is 0.456 e. The lowest BCUT2D eigenvalue weighted by atomic mass is 10.1. The minimum Gasteiger partial charge on any atom is -0.456 e. The fourth-order valence-electron chi connectivity index (χ4n) is 1.47. The monoisotopic (exact) mass is 369 g/mol. The highest BCUT2D eigenvalue weighted by atomic mass is 127. The molecule has 0 bridgehead atoms. The van der Waals surface area contributed by atoms with E-state index in [2.05, 4.69) is 28.7 Å². The maximum absolute atomic E-state index is 9.09. The number of ether oxygens (including phenoxy) is 1. The van der Waals surface area contributed by atoms with Crippen molar-refractivity contribution in [2.75, 3.05) is 0 Å². The van der Waals surface area contributed by atoms with Crippen LogP contribution in [-0.2, 0) is 5.88 Å². The van der Waals surface area contributed by atoms with E-state index >= 15 is 0 Å². The molecule has 0 amide bonds. The van der Waals surface area contributed by atoms with Gasteiger partial charge in [0.1, 0.15) is 17.6 Å². The van der Waals surface area contributed by atoms with Crippen LogP contribution >= 0.6 is 34.2 Å². The topological polar surface area (TPSA) is 33.0 Å². The van der Waals surface area contributed by atoms with E-state index in [-0.39, 0.29) is 0 Å². The lowest BCUT2D eigenvalue weighted by Crippen LogP contribution is -1.90. The van der Waals surface area contributed by atoms with Gasteiger partial charge in [-0.05, 0) is 64.6 Å². The third-order valence-electron chi connectivity index (χ3n) is 2.36. The van der Waals surface area contributed by atoms with Gasteiger partial charge in [-0.15, -0.1) is 11.6 Å². The SMILES string of the molecule is N#Cc1cc(CCl)ccc1Oc1ccc(I)cc1. The quantitative estimate of drug-likeness (QED) is 0.581. The second-order valence-electron chi connectivity index (χ2n) is 3.63. The molecule has 2 aromatic rings. The molecule has 0 unspecified atom stereocenters. The van der Waals surface area contributed by atoms with Crippen LogP contribution in [0, 0.1) is 14.9 Å². The Morgan fingerprint density at radius 1 is 1.17 bits per heavy atom. The maximum Gasteiger partial charge on any atom is 0.145 e. The van der Waals surface area contributed by atoms with Crippen molar-refractivity contribution in [3.63, 3.8) is 0 Å². The van der Waals surface area contributed by atoms with E-state index in [1.807, 2.05) is 30.3 Å². The van der Waals surface area contributed by atoms with Crippen LogP contribution in [0.25, 0.3) is 0 Å². The molecule has 2 rings (SSSR count). The standard InChI is InChI=1S/C14H9ClINO/c15-8-10-1-6-14(11(7-10)9-17)18-13-4-2-12(16)3-5-13/h1-7H,8H2. The number of rotatable bonds is 3. The number of hydrogen-bond donors (Lipinski definition) is 0. The van der Waals surface area contributed by atoms with E-state index in [0.29, 0.717) is 22.9 Å². The van der Waals surface area contributed by atoms with Crippen LogP contribution in [0.15, 0.2) is 42.5 Å². The van der Waals surface area contributed by atoms with Gasteiger partial charge in [0.15, 0.2) is 0 Å². The lowest BCUT2D eigenvalue weighted by molar-refractivity contribution is 0.481. The summed E-state index contributed by atoms with van der Waals surface area (Å²) in [4.78, 5) is 0. The van der Waals surface area contributed by atoms with Crippen molar-refractivity contribution in [3.05, 3.63) is 57.2 Å². The summed E-state index contributed by atoms with van der Waals surface area (Å²) in [6.45, 7) is 0. The molecule has 0 aliphatic carbocycles. The summed E-state index contributed by atoms with van der Waals surface area (Å²) in [5, 5.41) is 9.09. The van der Waals surface area contributed by atoms with Crippen LogP contribution < -0.4 is 4.74 Å². The normalized spacial score (nSPS) is 9.83. The Morgan fingerprint density at radius 3 is 2.50 bits per heavy atom. The molecule has 0 saturated heterocycles. The first-order valence-electron chi connectivity index (χ1n) is 5.25. The Kier molecular flexibility index (Phi) is 4.45. The zero-order valence-electron chi connectivity index (χ0n) is 9.36. The van der Waals surface area contributed by atoms with Gasteiger partial charge in [-0.2, -0.15) is 5.26 Å². The van der Waals surface area contributed by atoms with Crippen LogP contribution in [-0.4, -0.2) is 0 Å². The summed E-state index contributed by atoms with van der Waals surface area (Å²) in [6, 6.07) is 15.1. The van der Waals surface area contributed by atoms with Gasteiger partial charge < -0.3 is 4.74 Å². The molecule has 0 atom stereocenters. The van der Waals surface area contributed by atoms with Crippen LogP contribution in [0.5, 0.6) is 11.5 Å². The summed E-state index contributed by atoms with van der Waals surface area (Å²) in [7, 11) is 0. The van der Waals surface area contributed by atoms with E-state index in [4.69, 9.17) is 21.6 Å². The molecule has 0 saturated carbocycles. The van der Waals surface area contributed by atoms with Crippen LogP contribution in [0.4, 0.5) is 0 Å². The van der Waals surface area contributed by atoms with Gasteiger partial charge in [-0.1, -0.05) is 6.07 Å². The van der Waals surface area contributed by atoms with Crippen LogP contribution in [0.2, 0.25) is 0 Å². The van der Waals surface area contributed by atoms with E-state index in [0.717, 1.165) is 9.13 Å². The van der Waals surface area contributed by atoms with E-state index in [1.54, 1.807) is 12.1 Å². The fraction of sp³-hybridized carbons (Fsp3) is 0.0714. The third-order valence-corrected chi connectivity index (χ3v) is 3.39. The lowest BCUT2D eigenvalue weighted by Gasteiger charge is -2.08. The third kappa shape index (κ3) is 3.15. The van der Waals surface area contributed by atoms with Gasteiger partial charge in [0.2, 0.25) is 0 Å². The molecule has 4 heteroatoms. The number of halogens is 2. The van der Waals surface area contributed by atoms with E-state index in [1.165, 1.54) is 0 Å². The molecule has 0 radical (unpaired) electrons. The molecule has 2 aromatic carbocycles. The molecule has 2 nitrogen and oxygen atoms in total. The van der Waals surface area contributed by atoms with Gasteiger partial charge in [-0.3, -0.25) is 0 Å². The van der Waals surface area contributed by atoms with Gasteiger partial charge in [0.05, 0.1) is 5.56 Å². The second kappa shape index (κ2) is 6.07. The second-order valence-corrected chi connectivity index (χ2v) is 5.14. The molecule has 0 spiro atoms.